The summed E-state index contributed by atoms with van der Waals surface area (Å²) in [5, 5.41) is 21.2. The molecule has 3 N–H and O–H groups in total. The van der Waals surface area contributed by atoms with Crippen molar-refractivity contribution in [3.8, 4) is 0 Å². The molecule has 0 spiro atoms. The molecular formula is C25H26N6O6S. The molecule has 0 saturated carbocycles. The molecule has 0 radical (unpaired) electrons. The summed E-state index contributed by atoms with van der Waals surface area (Å²) in [5.41, 5.74) is 6.52. The number of β-lactam (4-membered cyclic amide) rings is 1. The van der Waals surface area contributed by atoms with Gasteiger partial charge in [-0.2, -0.15) is 0 Å². The number of amides is 1. The molecule has 2 aliphatic heterocycles. The van der Waals surface area contributed by atoms with Gasteiger partial charge in [0.05, 0.1) is 19.8 Å². The van der Waals surface area contributed by atoms with E-state index in [9.17, 15) is 14.7 Å². The Labute approximate surface area is 222 Å². The highest BCUT2D eigenvalue weighted by molar-refractivity contribution is 7.99. The number of aliphatic hydroxyl groups is 1. The van der Waals surface area contributed by atoms with Crippen molar-refractivity contribution in [3.63, 3.8) is 0 Å². The first-order chi connectivity index (χ1) is 18.5. The number of rotatable bonds is 10. The molecule has 0 bridgehead atoms. The number of esters is 1. The summed E-state index contributed by atoms with van der Waals surface area (Å²) in [6.45, 7) is 0.0881. The summed E-state index contributed by atoms with van der Waals surface area (Å²) in [5.74, 6) is -1.09. The van der Waals surface area contributed by atoms with Crippen molar-refractivity contribution in [1.29, 1.82) is 0 Å². The van der Waals surface area contributed by atoms with Crippen LogP contribution in [0.2, 0.25) is 0 Å². The van der Waals surface area contributed by atoms with Crippen molar-refractivity contribution in [2.45, 2.75) is 29.8 Å². The largest absolute Gasteiger partial charge is 0.448 e. The van der Waals surface area contributed by atoms with E-state index in [1.807, 2.05) is 60.7 Å². The Morgan fingerprint density at radius 2 is 1.87 bits per heavy atom. The Balaban J connectivity index is 1.48. The summed E-state index contributed by atoms with van der Waals surface area (Å²) in [4.78, 5) is 28.1. The highest BCUT2D eigenvalue weighted by atomic mass is 32.2. The normalized spacial score (nSPS) is 20.9. The van der Waals surface area contributed by atoms with Crippen molar-refractivity contribution in [1.82, 2.24) is 25.1 Å². The smallest absolute Gasteiger partial charge is 0.356 e. The molecule has 2 atom stereocenters. The van der Waals surface area contributed by atoms with Gasteiger partial charge in [-0.25, -0.2) is 9.48 Å². The molecule has 3 aromatic rings. The number of nitrogens with zero attached hydrogens (tertiary/aromatic N) is 5. The number of hydrogen-bond acceptors (Lipinski definition) is 11. The lowest BCUT2D eigenvalue weighted by molar-refractivity contribution is -0.248. The highest BCUT2D eigenvalue weighted by Crippen LogP contribution is 2.41. The monoisotopic (exact) mass is 538 g/mol. The topological polar surface area (TPSA) is 155 Å². The Bertz CT molecular complexity index is 1300. The third-order valence-electron chi connectivity index (χ3n) is 6.29. The van der Waals surface area contributed by atoms with Gasteiger partial charge in [0.15, 0.2) is 12.3 Å². The minimum absolute atomic E-state index is 0.0110. The quantitative estimate of drug-likeness (QED) is 0.163. The SMILES string of the molecule is CO[C@@]1(N)C(=O)N2C(C(=O)OC(c3ccccc3)c3ccccc3)=C(CSc3nnnn3CCO)CO[C@@H]21. The fourth-order valence-electron chi connectivity index (χ4n) is 4.34. The lowest BCUT2D eigenvalue weighted by Gasteiger charge is -2.54. The number of methoxy groups -OCH3 is 1. The van der Waals surface area contributed by atoms with Gasteiger partial charge in [-0.05, 0) is 27.1 Å². The Hall–Kier alpha value is -3.62. The molecule has 1 fully saturated rings. The van der Waals surface area contributed by atoms with Gasteiger partial charge in [0.2, 0.25) is 10.9 Å². The van der Waals surface area contributed by atoms with Crippen molar-refractivity contribution in [2.75, 3.05) is 26.1 Å². The third-order valence-corrected chi connectivity index (χ3v) is 7.34. The van der Waals surface area contributed by atoms with Crippen LogP contribution in [0, 0.1) is 0 Å². The van der Waals surface area contributed by atoms with E-state index in [0.29, 0.717) is 10.7 Å². The molecule has 0 aliphatic carbocycles. The number of ether oxygens (including phenoxy) is 3. The minimum atomic E-state index is -1.70. The second kappa shape index (κ2) is 11.0. The Morgan fingerprint density at radius 1 is 1.21 bits per heavy atom. The number of aromatic nitrogens is 4. The number of benzene rings is 2. The predicted molar refractivity (Wildman–Crippen MR) is 134 cm³/mol. The fourth-order valence-corrected chi connectivity index (χ4v) is 5.23. The maximum absolute atomic E-state index is 13.8. The lowest BCUT2D eigenvalue weighted by Crippen LogP contribution is -2.80. The van der Waals surface area contributed by atoms with Crippen LogP contribution < -0.4 is 5.73 Å². The molecule has 1 amide bonds. The van der Waals surface area contributed by atoms with Gasteiger partial charge >= 0.3 is 5.97 Å². The maximum atomic E-state index is 13.8. The van der Waals surface area contributed by atoms with Gasteiger partial charge < -0.3 is 19.3 Å². The average molecular weight is 539 g/mol. The zero-order chi connectivity index (χ0) is 26.7. The number of fused-ring (bicyclic) bond motifs is 1. The van der Waals surface area contributed by atoms with E-state index in [0.717, 1.165) is 11.1 Å². The summed E-state index contributed by atoms with van der Waals surface area (Å²) < 4.78 is 18.6. The molecule has 0 unspecified atom stereocenters. The standard InChI is InChI=1S/C25H26N6O6S/c1-35-25(26)22(34)31-19(18(14-36-23(25)31)15-38-24-27-28-29-30(24)12-13-32)21(33)37-20(16-8-4-2-5-9-16)17-10-6-3-7-11-17/h2-11,20,23,32H,12-15,26H2,1H3/t23-,25+/m1/s1. The van der Waals surface area contributed by atoms with Gasteiger partial charge in [-0.15, -0.1) is 5.10 Å². The summed E-state index contributed by atoms with van der Waals surface area (Å²) in [6.07, 6.45) is -1.70. The number of tetrazole rings is 1. The molecular weight excluding hydrogens is 512 g/mol. The number of carbonyl (C=O) groups is 2. The van der Waals surface area contributed by atoms with E-state index in [-0.39, 0.29) is 31.2 Å². The number of hydrogen-bond donors (Lipinski definition) is 2. The van der Waals surface area contributed by atoms with Crippen LogP contribution >= 0.6 is 11.8 Å². The zero-order valence-electron chi connectivity index (χ0n) is 20.5. The summed E-state index contributed by atoms with van der Waals surface area (Å²) in [7, 11) is 1.31. The summed E-state index contributed by atoms with van der Waals surface area (Å²) >= 11 is 1.24. The first-order valence-electron chi connectivity index (χ1n) is 11.8. The van der Waals surface area contributed by atoms with Crippen LogP contribution in [0.15, 0.2) is 77.1 Å². The highest BCUT2D eigenvalue weighted by Gasteiger charge is 2.64. The van der Waals surface area contributed by atoms with Crippen LogP contribution in [0.5, 0.6) is 0 Å². The molecule has 2 aliphatic rings. The van der Waals surface area contributed by atoms with Crippen LogP contribution in [0.25, 0.3) is 0 Å². The molecule has 13 heteroatoms. The lowest BCUT2D eigenvalue weighted by atomic mass is 9.95. The van der Waals surface area contributed by atoms with E-state index >= 15 is 0 Å². The van der Waals surface area contributed by atoms with Crippen molar-refractivity contribution in [2.24, 2.45) is 5.73 Å². The molecule has 12 nitrogen and oxygen atoms in total. The molecule has 5 rings (SSSR count). The number of carbonyl (C=O) groups excluding carboxylic acids is 2. The molecule has 38 heavy (non-hydrogen) atoms. The van der Waals surface area contributed by atoms with Crippen LogP contribution in [0.1, 0.15) is 17.2 Å². The van der Waals surface area contributed by atoms with Gasteiger partial charge in [0, 0.05) is 12.9 Å². The van der Waals surface area contributed by atoms with Crippen LogP contribution in [0.4, 0.5) is 0 Å². The second-order valence-electron chi connectivity index (χ2n) is 8.59. The molecule has 1 aromatic heterocycles. The summed E-state index contributed by atoms with van der Waals surface area (Å²) in [6, 6.07) is 18.7. The second-order valence-corrected chi connectivity index (χ2v) is 9.53. The first-order valence-corrected chi connectivity index (χ1v) is 12.8. The van der Waals surface area contributed by atoms with Gasteiger partial charge in [0.25, 0.3) is 5.91 Å². The van der Waals surface area contributed by atoms with E-state index in [1.165, 1.54) is 28.5 Å². The molecule has 198 valence electrons. The van der Waals surface area contributed by atoms with E-state index in [1.54, 1.807) is 0 Å². The van der Waals surface area contributed by atoms with Crippen molar-refractivity contribution < 1.29 is 28.9 Å². The Morgan fingerprint density at radius 3 is 2.47 bits per heavy atom. The first kappa shape index (κ1) is 26.0. The van der Waals surface area contributed by atoms with Gasteiger partial charge in [-0.1, -0.05) is 72.4 Å². The Kier molecular flexibility index (Phi) is 7.53. The molecule has 3 heterocycles. The average Bonchev–Trinajstić information content (AvgIpc) is 3.41. The fraction of sp³-hybridized carbons (Fsp3) is 0.320. The van der Waals surface area contributed by atoms with Crippen molar-refractivity contribution >= 4 is 23.6 Å². The van der Waals surface area contributed by atoms with Crippen molar-refractivity contribution in [3.05, 3.63) is 83.1 Å². The maximum Gasteiger partial charge on any atom is 0.356 e. The predicted octanol–water partition coefficient (Wildman–Crippen LogP) is 0.844. The number of aliphatic hydroxyl groups excluding tert-OH is 1. The van der Waals surface area contributed by atoms with E-state index in [4.69, 9.17) is 19.9 Å². The zero-order valence-corrected chi connectivity index (χ0v) is 21.3. The molecule has 1 saturated heterocycles. The van der Waals surface area contributed by atoms with E-state index < -0.39 is 29.9 Å². The third kappa shape index (κ3) is 4.70. The minimum Gasteiger partial charge on any atom is -0.448 e. The molecule has 2 aromatic carbocycles. The number of nitrogens with two attached hydrogens (primary N) is 1. The van der Waals surface area contributed by atoms with Crippen LogP contribution in [-0.4, -0.2) is 80.1 Å². The van der Waals surface area contributed by atoms with Crippen LogP contribution in [0.3, 0.4) is 0 Å². The van der Waals surface area contributed by atoms with E-state index in [2.05, 4.69) is 15.5 Å². The number of thioether (sulfide) groups is 1. The van der Waals surface area contributed by atoms with Gasteiger partial charge in [0.1, 0.15) is 5.70 Å². The van der Waals surface area contributed by atoms with Gasteiger partial charge in [-0.3, -0.25) is 15.4 Å². The van der Waals surface area contributed by atoms with Crippen LogP contribution in [-0.2, 0) is 30.3 Å².